The van der Waals surface area contributed by atoms with Crippen molar-refractivity contribution < 1.29 is 8.42 Å². The van der Waals surface area contributed by atoms with Gasteiger partial charge in [0.05, 0.1) is 4.90 Å². The highest BCUT2D eigenvalue weighted by molar-refractivity contribution is 7.90. The highest BCUT2D eigenvalue weighted by Crippen LogP contribution is 2.53. The Morgan fingerprint density at radius 1 is 1.25 bits per heavy atom. The molecule has 0 bridgehead atoms. The van der Waals surface area contributed by atoms with Gasteiger partial charge >= 0.3 is 0 Å². The minimum absolute atomic E-state index is 0.143. The summed E-state index contributed by atoms with van der Waals surface area (Å²) in [7, 11) is -3.10. The van der Waals surface area contributed by atoms with Gasteiger partial charge in [-0.25, -0.2) is 8.42 Å². The Labute approximate surface area is 122 Å². The highest BCUT2D eigenvalue weighted by atomic mass is 32.2. The summed E-state index contributed by atoms with van der Waals surface area (Å²) in [5, 5.41) is 3.55. The van der Waals surface area contributed by atoms with Crippen molar-refractivity contribution in [2.75, 3.05) is 12.8 Å². The van der Waals surface area contributed by atoms with Crippen molar-refractivity contribution in [1.29, 1.82) is 0 Å². The molecule has 1 fully saturated rings. The number of nitrogens with one attached hydrogen (secondary N) is 1. The van der Waals surface area contributed by atoms with Crippen LogP contribution >= 0.6 is 0 Å². The second kappa shape index (κ2) is 4.85. The molecule has 2 atom stereocenters. The zero-order chi connectivity index (χ0) is 15.2. The van der Waals surface area contributed by atoms with Gasteiger partial charge in [-0.15, -0.1) is 0 Å². The number of rotatable bonds is 4. The molecule has 2 unspecified atom stereocenters. The molecule has 0 spiro atoms. The molecule has 1 aliphatic carbocycles. The van der Waals surface area contributed by atoms with Crippen LogP contribution in [-0.2, 0) is 15.3 Å². The molecule has 1 aromatic carbocycles. The molecule has 112 valence electrons. The zero-order valence-corrected chi connectivity index (χ0v) is 13.8. The first-order valence-electron chi connectivity index (χ1n) is 7.08. The summed E-state index contributed by atoms with van der Waals surface area (Å²) in [4.78, 5) is 0.398. The highest BCUT2D eigenvalue weighted by Gasteiger charge is 2.50. The van der Waals surface area contributed by atoms with E-state index >= 15 is 0 Å². The largest absolute Gasteiger partial charge is 0.312 e. The number of hydrogen-bond donors (Lipinski definition) is 1. The molecule has 0 saturated heterocycles. The van der Waals surface area contributed by atoms with Crippen LogP contribution < -0.4 is 5.32 Å². The third-order valence-corrected chi connectivity index (χ3v) is 5.36. The molecule has 1 aromatic rings. The molecule has 0 radical (unpaired) electrons. The van der Waals surface area contributed by atoms with Gasteiger partial charge in [0.25, 0.3) is 0 Å². The summed E-state index contributed by atoms with van der Waals surface area (Å²) >= 11 is 0. The molecule has 0 heterocycles. The van der Waals surface area contributed by atoms with Crippen LogP contribution in [0.4, 0.5) is 0 Å². The fourth-order valence-corrected chi connectivity index (χ4v) is 3.25. The van der Waals surface area contributed by atoms with Crippen molar-refractivity contribution in [3.8, 4) is 0 Å². The maximum Gasteiger partial charge on any atom is 0.175 e. The first kappa shape index (κ1) is 15.5. The third kappa shape index (κ3) is 3.41. The van der Waals surface area contributed by atoms with Crippen LogP contribution in [0.25, 0.3) is 0 Å². The van der Waals surface area contributed by atoms with Gasteiger partial charge in [-0.1, -0.05) is 19.1 Å². The van der Waals surface area contributed by atoms with Crippen molar-refractivity contribution in [1.82, 2.24) is 5.32 Å². The Bertz CT molecular complexity index is 584. The maximum atomic E-state index is 11.5. The minimum Gasteiger partial charge on any atom is -0.312 e. The molecule has 20 heavy (non-hydrogen) atoms. The Morgan fingerprint density at radius 3 is 2.25 bits per heavy atom. The molecule has 2 rings (SSSR count). The van der Waals surface area contributed by atoms with Crippen molar-refractivity contribution in [2.24, 2.45) is 5.92 Å². The van der Waals surface area contributed by atoms with Crippen LogP contribution in [0.3, 0.4) is 0 Å². The van der Waals surface area contributed by atoms with Gasteiger partial charge in [-0.2, -0.15) is 0 Å². The quantitative estimate of drug-likeness (QED) is 0.929. The van der Waals surface area contributed by atoms with Gasteiger partial charge < -0.3 is 5.32 Å². The SMILES string of the molecule is CC(C)(C)NCC1CC1(C)c1ccc(S(C)(=O)=O)cc1. The first-order chi connectivity index (χ1) is 9.02. The summed E-state index contributed by atoms with van der Waals surface area (Å²) in [6.07, 6.45) is 2.41. The molecule has 0 amide bonds. The number of sulfone groups is 1. The molecule has 0 aromatic heterocycles. The Hall–Kier alpha value is -0.870. The van der Waals surface area contributed by atoms with E-state index in [1.54, 1.807) is 12.1 Å². The Kier molecular flexibility index (Phi) is 3.76. The third-order valence-electron chi connectivity index (χ3n) is 4.23. The monoisotopic (exact) mass is 295 g/mol. The summed E-state index contributed by atoms with van der Waals surface area (Å²) < 4.78 is 23.0. The van der Waals surface area contributed by atoms with Crippen LogP contribution in [0, 0.1) is 5.92 Å². The van der Waals surface area contributed by atoms with Gasteiger partial charge in [-0.05, 0) is 62.8 Å². The molecule has 1 saturated carbocycles. The van der Waals surface area contributed by atoms with Crippen molar-refractivity contribution in [3.63, 3.8) is 0 Å². The first-order valence-corrected chi connectivity index (χ1v) is 8.97. The van der Waals surface area contributed by atoms with Gasteiger partial charge in [-0.3, -0.25) is 0 Å². The van der Waals surface area contributed by atoms with E-state index in [2.05, 4.69) is 33.0 Å². The smallest absolute Gasteiger partial charge is 0.175 e. The van der Waals surface area contributed by atoms with E-state index in [1.165, 1.54) is 11.8 Å². The lowest BCUT2D eigenvalue weighted by Crippen LogP contribution is -2.37. The second-order valence-corrected chi connectivity index (χ2v) is 9.26. The molecule has 1 aliphatic rings. The van der Waals surface area contributed by atoms with Gasteiger partial charge in [0.2, 0.25) is 0 Å². The Morgan fingerprint density at radius 2 is 1.80 bits per heavy atom. The van der Waals surface area contributed by atoms with E-state index in [-0.39, 0.29) is 11.0 Å². The molecular weight excluding hydrogens is 270 g/mol. The zero-order valence-electron chi connectivity index (χ0n) is 13.0. The van der Waals surface area contributed by atoms with Crippen LogP contribution in [-0.4, -0.2) is 26.8 Å². The normalized spacial score (nSPS) is 26.6. The van der Waals surface area contributed by atoms with E-state index < -0.39 is 9.84 Å². The Balaban J connectivity index is 2.06. The van der Waals surface area contributed by atoms with Crippen molar-refractivity contribution >= 4 is 9.84 Å². The van der Waals surface area contributed by atoms with E-state index in [0.29, 0.717) is 10.8 Å². The average molecular weight is 295 g/mol. The topological polar surface area (TPSA) is 46.2 Å². The lowest BCUT2D eigenvalue weighted by Gasteiger charge is -2.21. The summed E-state index contributed by atoms with van der Waals surface area (Å²) in [6, 6.07) is 7.38. The minimum atomic E-state index is -3.10. The lowest BCUT2D eigenvalue weighted by atomic mass is 9.95. The fraction of sp³-hybridized carbons (Fsp3) is 0.625. The van der Waals surface area contributed by atoms with E-state index in [4.69, 9.17) is 0 Å². The van der Waals surface area contributed by atoms with Gasteiger partial charge in [0.1, 0.15) is 0 Å². The molecule has 1 N–H and O–H groups in total. The van der Waals surface area contributed by atoms with E-state index in [0.717, 1.165) is 13.0 Å². The van der Waals surface area contributed by atoms with Gasteiger partial charge in [0, 0.05) is 11.8 Å². The van der Waals surface area contributed by atoms with Crippen LogP contribution in [0.2, 0.25) is 0 Å². The number of benzene rings is 1. The van der Waals surface area contributed by atoms with Crippen LogP contribution in [0.15, 0.2) is 29.2 Å². The standard InChI is InChI=1S/C16H25NO2S/c1-15(2,3)17-11-13-10-16(13,4)12-6-8-14(9-7-12)20(5,18)19/h6-9,13,17H,10-11H2,1-5H3. The summed E-state index contributed by atoms with van der Waals surface area (Å²) in [6.45, 7) is 9.79. The van der Waals surface area contributed by atoms with Crippen molar-refractivity contribution in [2.45, 2.75) is 50.0 Å². The van der Waals surface area contributed by atoms with E-state index in [1.807, 2.05) is 12.1 Å². The van der Waals surface area contributed by atoms with Gasteiger partial charge in [0.15, 0.2) is 9.84 Å². The van der Waals surface area contributed by atoms with Crippen LogP contribution in [0.1, 0.15) is 39.7 Å². The molecule has 4 heteroatoms. The predicted octanol–water partition coefficient (Wildman–Crippen LogP) is 2.76. The summed E-state index contributed by atoms with van der Waals surface area (Å²) in [5.41, 5.74) is 1.57. The predicted molar refractivity (Wildman–Crippen MR) is 82.8 cm³/mol. The fourth-order valence-electron chi connectivity index (χ4n) is 2.62. The second-order valence-electron chi connectivity index (χ2n) is 7.25. The maximum absolute atomic E-state index is 11.5. The van der Waals surface area contributed by atoms with Crippen molar-refractivity contribution in [3.05, 3.63) is 29.8 Å². The lowest BCUT2D eigenvalue weighted by molar-refractivity contribution is 0.406. The summed E-state index contributed by atoms with van der Waals surface area (Å²) in [5.74, 6) is 0.630. The molecular formula is C16H25NO2S. The van der Waals surface area contributed by atoms with Crippen LogP contribution in [0.5, 0.6) is 0 Å². The molecule has 0 aliphatic heterocycles. The average Bonchev–Trinajstić information content (AvgIpc) is 2.98. The number of hydrogen-bond acceptors (Lipinski definition) is 3. The molecule has 3 nitrogen and oxygen atoms in total. The van der Waals surface area contributed by atoms with E-state index in [9.17, 15) is 8.42 Å².